The van der Waals surface area contributed by atoms with Crippen LogP contribution in [0.2, 0.25) is 0 Å². The Morgan fingerprint density at radius 2 is 2.22 bits per heavy atom. The number of nitrogens with two attached hydrogens (primary N) is 1. The minimum atomic E-state index is -0.731. The molecule has 5 heteroatoms. The van der Waals surface area contributed by atoms with Gasteiger partial charge in [0.25, 0.3) is 0 Å². The maximum absolute atomic E-state index is 11.8. The van der Waals surface area contributed by atoms with Gasteiger partial charge in [-0.25, -0.2) is 0 Å². The van der Waals surface area contributed by atoms with E-state index in [0.717, 1.165) is 37.9 Å². The number of hydrogen-bond acceptors (Lipinski definition) is 3. The van der Waals surface area contributed by atoms with Crippen LogP contribution in [0.5, 0.6) is 0 Å². The van der Waals surface area contributed by atoms with Gasteiger partial charge in [0.1, 0.15) is 0 Å². The first-order valence-electron chi connectivity index (χ1n) is 6.95. The van der Waals surface area contributed by atoms with Crippen LogP contribution in [-0.2, 0) is 15.6 Å². The lowest BCUT2D eigenvalue weighted by Gasteiger charge is -2.29. The van der Waals surface area contributed by atoms with Crippen molar-refractivity contribution in [2.45, 2.75) is 69.7 Å². The van der Waals surface area contributed by atoms with Gasteiger partial charge in [-0.2, -0.15) is 0 Å². The third-order valence-electron chi connectivity index (χ3n) is 3.47. The summed E-state index contributed by atoms with van der Waals surface area (Å²) in [6.45, 7) is 3.87. The normalized spacial score (nSPS) is 27.5. The van der Waals surface area contributed by atoms with E-state index >= 15 is 0 Å². The Labute approximate surface area is 113 Å². The van der Waals surface area contributed by atoms with E-state index in [9.17, 15) is 9.00 Å². The molecular weight excluding hydrogens is 248 g/mol. The van der Waals surface area contributed by atoms with Crippen molar-refractivity contribution in [1.82, 2.24) is 5.32 Å². The lowest BCUT2D eigenvalue weighted by atomic mass is 9.95. The first kappa shape index (κ1) is 15.6. The molecule has 0 radical (unpaired) electrons. The topological polar surface area (TPSA) is 72.2 Å². The van der Waals surface area contributed by atoms with Crippen LogP contribution in [-0.4, -0.2) is 33.2 Å². The van der Waals surface area contributed by atoms with Crippen LogP contribution >= 0.6 is 0 Å². The van der Waals surface area contributed by atoms with Crippen molar-refractivity contribution >= 4 is 16.7 Å². The lowest BCUT2D eigenvalue weighted by Crippen LogP contribution is -2.41. The summed E-state index contributed by atoms with van der Waals surface area (Å²) >= 11 is 0. The maximum atomic E-state index is 11.8. The summed E-state index contributed by atoms with van der Waals surface area (Å²) in [6, 6.07) is 0.280. The van der Waals surface area contributed by atoms with E-state index in [1.165, 1.54) is 0 Å². The fourth-order valence-electron chi connectivity index (χ4n) is 2.41. The summed E-state index contributed by atoms with van der Waals surface area (Å²) in [5.74, 6) is 0.802. The Kier molecular flexibility index (Phi) is 6.86. The summed E-state index contributed by atoms with van der Waals surface area (Å²) < 4.78 is 11.8. The zero-order valence-corrected chi connectivity index (χ0v) is 12.3. The molecule has 1 rings (SSSR count). The van der Waals surface area contributed by atoms with E-state index in [2.05, 4.69) is 5.32 Å². The van der Waals surface area contributed by atoms with Gasteiger partial charge in [0.05, 0.1) is 0 Å². The SMILES string of the molecule is CCS(=O)C1CCCC(NC(=O)CCC(C)N)C1. The van der Waals surface area contributed by atoms with Gasteiger partial charge in [-0.3, -0.25) is 9.00 Å². The van der Waals surface area contributed by atoms with Crippen LogP contribution in [0.15, 0.2) is 0 Å². The molecule has 0 heterocycles. The molecule has 106 valence electrons. The Bertz CT molecular complexity index is 295. The molecule has 4 unspecified atom stereocenters. The van der Waals surface area contributed by atoms with E-state index < -0.39 is 10.8 Å². The molecule has 0 saturated heterocycles. The van der Waals surface area contributed by atoms with Crippen molar-refractivity contribution in [3.63, 3.8) is 0 Å². The Morgan fingerprint density at radius 3 is 2.83 bits per heavy atom. The van der Waals surface area contributed by atoms with Crippen LogP contribution in [0.4, 0.5) is 0 Å². The molecule has 1 aliphatic carbocycles. The second-order valence-corrected chi connectivity index (χ2v) is 7.24. The number of amides is 1. The first-order valence-corrected chi connectivity index (χ1v) is 8.33. The van der Waals surface area contributed by atoms with Gasteiger partial charge in [0.15, 0.2) is 0 Å². The van der Waals surface area contributed by atoms with Crippen molar-refractivity contribution in [1.29, 1.82) is 0 Å². The monoisotopic (exact) mass is 274 g/mol. The molecule has 1 amide bonds. The predicted octanol–water partition coefficient (Wildman–Crippen LogP) is 1.31. The molecule has 1 aliphatic rings. The molecule has 0 bridgehead atoms. The van der Waals surface area contributed by atoms with Crippen molar-refractivity contribution in [3.8, 4) is 0 Å². The van der Waals surface area contributed by atoms with Crippen molar-refractivity contribution in [2.75, 3.05) is 5.75 Å². The van der Waals surface area contributed by atoms with Gasteiger partial charge >= 0.3 is 0 Å². The highest BCUT2D eigenvalue weighted by atomic mass is 32.2. The predicted molar refractivity (Wildman–Crippen MR) is 75.8 cm³/mol. The molecule has 4 atom stereocenters. The summed E-state index contributed by atoms with van der Waals surface area (Å²) in [5.41, 5.74) is 5.63. The molecule has 0 aromatic carbocycles. The highest BCUT2D eigenvalue weighted by Gasteiger charge is 2.26. The fourth-order valence-corrected chi connectivity index (χ4v) is 3.76. The molecular formula is C13H26N2O2S. The van der Waals surface area contributed by atoms with E-state index in [1.54, 1.807) is 0 Å². The standard InChI is InChI=1S/C13H26N2O2S/c1-3-18(17)12-6-4-5-11(9-12)15-13(16)8-7-10(2)14/h10-12H,3-9,14H2,1-2H3,(H,15,16). The van der Waals surface area contributed by atoms with Gasteiger partial charge in [-0.15, -0.1) is 0 Å². The van der Waals surface area contributed by atoms with Crippen LogP contribution in [0, 0.1) is 0 Å². The lowest BCUT2D eigenvalue weighted by molar-refractivity contribution is -0.122. The molecule has 1 fully saturated rings. The number of hydrogen-bond donors (Lipinski definition) is 2. The van der Waals surface area contributed by atoms with E-state index in [-0.39, 0.29) is 23.2 Å². The van der Waals surface area contributed by atoms with Crippen LogP contribution in [0.1, 0.15) is 52.4 Å². The summed E-state index contributed by atoms with van der Waals surface area (Å²) in [4.78, 5) is 11.7. The summed E-state index contributed by atoms with van der Waals surface area (Å²) in [7, 11) is -0.731. The first-order chi connectivity index (χ1) is 8.52. The number of carbonyl (C=O) groups is 1. The highest BCUT2D eigenvalue weighted by molar-refractivity contribution is 7.85. The van der Waals surface area contributed by atoms with Crippen LogP contribution < -0.4 is 11.1 Å². The minimum Gasteiger partial charge on any atom is -0.353 e. The average molecular weight is 274 g/mol. The third-order valence-corrected chi connectivity index (χ3v) is 5.22. The van der Waals surface area contributed by atoms with E-state index in [1.807, 2.05) is 13.8 Å². The second-order valence-electron chi connectivity index (χ2n) is 5.24. The zero-order chi connectivity index (χ0) is 13.5. The number of carbonyl (C=O) groups excluding carboxylic acids is 1. The maximum Gasteiger partial charge on any atom is 0.220 e. The summed E-state index contributed by atoms with van der Waals surface area (Å²) in [6.07, 6.45) is 5.20. The quantitative estimate of drug-likeness (QED) is 0.767. The molecule has 0 spiro atoms. The van der Waals surface area contributed by atoms with Crippen LogP contribution in [0.3, 0.4) is 0 Å². The van der Waals surface area contributed by atoms with Crippen LogP contribution in [0.25, 0.3) is 0 Å². The van der Waals surface area contributed by atoms with E-state index in [4.69, 9.17) is 5.73 Å². The average Bonchev–Trinajstić information content (AvgIpc) is 2.35. The Balaban J connectivity index is 2.33. The molecule has 1 saturated carbocycles. The number of rotatable bonds is 6. The van der Waals surface area contributed by atoms with Gasteiger partial charge in [0.2, 0.25) is 5.91 Å². The molecule has 3 N–H and O–H groups in total. The molecule has 0 aromatic heterocycles. The second kappa shape index (κ2) is 7.89. The Morgan fingerprint density at radius 1 is 1.50 bits per heavy atom. The Hall–Kier alpha value is -0.420. The van der Waals surface area contributed by atoms with Gasteiger partial charge in [0, 0.05) is 40.3 Å². The minimum absolute atomic E-state index is 0.0717. The highest BCUT2D eigenvalue weighted by Crippen LogP contribution is 2.23. The molecule has 0 aromatic rings. The van der Waals surface area contributed by atoms with Crippen molar-refractivity contribution < 1.29 is 9.00 Å². The fraction of sp³-hybridized carbons (Fsp3) is 0.923. The zero-order valence-electron chi connectivity index (χ0n) is 11.5. The van der Waals surface area contributed by atoms with Gasteiger partial charge in [-0.1, -0.05) is 13.3 Å². The van der Waals surface area contributed by atoms with Crippen molar-refractivity contribution in [2.24, 2.45) is 5.73 Å². The van der Waals surface area contributed by atoms with E-state index in [0.29, 0.717) is 6.42 Å². The van der Waals surface area contributed by atoms with Crippen molar-refractivity contribution in [3.05, 3.63) is 0 Å². The van der Waals surface area contributed by atoms with Gasteiger partial charge < -0.3 is 11.1 Å². The smallest absolute Gasteiger partial charge is 0.220 e. The number of nitrogens with one attached hydrogen (secondary N) is 1. The molecule has 0 aliphatic heterocycles. The largest absolute Gasteiger partial charge is 0.353 e. The third kappa shape index (κ3) is 5.48. The molecule has 4 nitrogen and oxygen atoms in total. The molecule has 18 heavy (non-hydrogen) atoms. The van der Waals surface area contributed by atoms with Gasteiger partial charge in [-0.05, 0) is 32.6 Å². The summed E-state index contributed by atoms with van der Waals surface area (Å²) in [5, 5.41) is 3.32.